The van der Waals surface area contributed by atoms with Crippen molar-refractivity contribution in [1.82, 2.24) is 5.32 Å². The van der Waals surface area contributed by atoms with Crippen LogP contribution in [0.25, 0.3) is 11.1 Å². The Balaban J connectivity index is 0.00000280. The standard InChI is InChI=1S/C21H24ClN3O2.ClH/c22-18-12-17(15-4-2-1-3-5-15)10-11-19(18)27-20(26)16-8-6-14(7-9-16)13-25-21(23)24;/h1-5,10-12,14,16H,6-9,13H2,(H4,23,24,25);1H/t14-,16-;. The second kappa shape index (κ2) is 10.3. The molecule has 0 unspecified atom stereocenters. The number of halogens is 2. The van der Waals surface area contributed by atoms with Crippen molar-refractivity contribution < 1.29 is 9.53 Å². The van der Waals surface area contributed by atoms with Gasteiger partial charge in [-0.3, -0.25) is 10.2 Å². The lowest BCUT2D eigenvalue weighted by atomic mass is 9.82. The summed E-state index contributed by atoms with van der Waals surface area (Å²) in [6, 6.07) is 15.4. The zero-order chi connectivity index (χ0) is 19.2. The van der Waals surface area contributed by atoms with E-state index in [9.17, 15) is 4.79 Å². The van der Waals surface area contributed by atoms with Crippen molar-refractivity contribution in [2.75, 3.05) is 6.54 Å². The average molecular weight is 422 g/mol. The van der Waals surface area contributed by atoms with Gasteiger partial charge in [-0.2, -0.15) is 0 Å². The van der Waals surface area contributed by atoms with E-state index in [0.29, 0.717) is 23.2 Å². The Morgan fingerprint density at radius 2 is 1.79 bits per heavy atom. The minimum absolute atomic E-state index is 0. The first-order valence-electron chi connectivity index (χ1n) is 9.17. The fourth-order valence-electron chi connectivity index (χ4n) is 3.44. The summed E-state index contributed by atoms with van der Waals surface area (Å²) < 4.78 is 5.57. The van der Waals surface area contributed by atoms with Crippen LogP contribution in [0.4, 0.5) is 0 Å². The summed E-state index contributed by atoms with van der Waals surface area (Å²) in [7, 11) is 0. The second-order valence-corrected chi connectivity index (χ2v) is 7.35. The van der Waals surface area contributed by atoms with Crippen molar-refractivity contribution in [3.05, 3.63) is 53.6 Å². The molecule has 2 aromatic rings. The van der Waals surface area contributed by atoms with Crippen LogP contribution in [0, 0.1) is 17.2 Å². The highest BCUT2D eigenvalue weighted by molar-refractivity contribution is 6.32. The molecule has 0 spiro atoms. The van der Waals surface area contributed by atoms with E-state index in [0.717, 1.165) is 36.8 Å². The number of nitrogens with one attached hydrogen (secondary N) is 2. The number of guanidine groups is 1. The molecule has 150 valence electrons. The van der Waals surface area contributed by atoms with Gasteiger partial charge in [0, 0.05) is 6.54 Å². The summed E-state index contributed by atoms with van der Waals surface area (Å²) in [5.41, 5.74) is 7.37. The lowest BCUT2D eigenvalue weighted by Gasteiger charge is -2.27. The summed E-state index contributed by atoms with van der Waals surface area (Å²) in [4.78, 5) is 12.5. The first-order valence-corrected chi connectivity index (χ1v) is 9.55. The van der Waals surface area contributed by atoms with Crippen molar-refractivity contribution in [2.45, 2.75) is 25.7 Å². The van der Waals surface area contributed by atoms with Gasteiger partial charge in [-0.05, 0) is 54.9 Å². The minimum Gasteiger partial charge on any atom is -0.425 e. The van der Waals surface area contributed by atoms with Crippen molar-refractivity contribution in [2.24, 2.45) is 17.6 Å². The van der Waals surface area contributed by atoms with E-state index < -0.39 is 0 Å². The van der Waals surface area contributed by atoms with Gasteiger partial charge in [0.15, 0.2) is 5.96 Å². The molecule has 1 saturated carbocycles. The lowest BCUT2D eigenvalue weighted by molar-refractivity contribution is -0.140. The van der Waals surface area contributed by atoms with Crippen LogP contribution in [0.3, 0.4) is 0 Å². The number of ether oxygens (including phenoxy) is 1. The van der Waals surface area contributed by atoms with Crippen LogP contribution in [0.5, 0.6) is 5.75 Å². The predicted molar refractivity (Wildman–Crippen MR) is 115 cm³/mol. The molecule has 0 aromatic heterocycles. The van der Waals surface area contributed by atoms with E-state index in [4.69, 9.17) is 27.5 Å². The van der Waals surface area contributed by atoms with Crippen LogP contribution in [0.15, 0.2) is 48.5 Å². The Labute approximate surface area is 176 Å². The molecular formula is C21H25Cl2N3O2. The normalized spacial score (nSPS) is 18.6. The van der Waals surface area contributed by atoms with Crippen molar-refractivity contribution in [1.29, 1.82) is 5.41 Å². The fourth-order valence-corrected chi connectivity index (χ4v) is 3.66. The molecule has 4 N–H and O–H groups in total. The zero-order valence-electron chi connectivity index (χ0n) is 15.5. The number of esters is 1. The molecule has 0 atom stereocenters. The Morgan fingerprint density at radius 3 is 2.39 bits per heavy atom. The molecule has 0 saturated heterocycles. The Kier molecular flexibility index (Phi) is 8.15. The summed E-state index contributed by atoms with van der Waals surface area (Å²) in [6.45, 7) is 0.684. The highest BCUT2D eigenvalue weighted by Crippen LogP contribution is 2.33. The fraction of sp³-hybridized carbons (Fsp3) is 0.333. The highest BCUT2D eigenvalue weighted by Gasteiger charge is 2.28. The van der Waals surface area contributed by atoms with Gasteiger partial charge in [-0.15, -0.1) is 12.4 Å². The number of rotatable bonds is 5. The number of benzene rings is 2. The van der Waals surface area contributed by atoms with Crippen LogP contribution in [0.2, 0.25) is 5.02 Å². The summed E-state index contributed by atoms with van der Waals surface area (Å²) in [5.74, 6) is 0.504. The molecule has 0 heterocycles. The molecular weight excluding hydrogens is 397 g/mol. The number of hydrogen-bond acceptors (Lipinski definition) is 3. The topological polar surface area (TPSA) is 88.2 Å². The maximum absolute atomic E-state index is 12.5. The molecule has 7 heteroatoms. The van der Waals surface area contributed by atoms with E-state index in [1.54, 1.807) is 6.07 Å². The number of hydrogen-bond donors (Lipinski definition) is 3. The van der Waals surface area contributed by atoms with Gasteiger partial charge in [0.05, 0.1) is 10.9 Å². The molecule has 2 aromatic carbocycles. The SMILES string of the molecule is Cl.N=C(N)NC[C@H]1CC[C@H](C(=O)Oc2ccc(-c3ccccc3)cc2Cl)CC1. The third-order valence-electron chi connectivity index (χ3n) is 5.01. The molecule has 1 aliphatic carbocycles. The van der Waals surface area contributed by atoms with Crippen LogP contribution in [0.1, 0.15) is 25.7 Å². The molecule has 3 rings (SSSR count). The van der Waals surface area contributed by atoms with Crippen LogP contribution < -0.4 is 15.8 Å². The van der Waals surface area contributed by atoms with E-state index in [-0.39, 0.29) is 30.3 Å². The van der Waals surface area contributed by atoms with Crippen molar-refractivity contribution in [3.8, 4) is 16.9 Å². The van der Waals surface area contributed by atoms with E-state index in [2.05, 4.69) is 5.32 Å². The first-order chi connectivity index (χ1) is 13.0. The van der Waals surface area contributed by atoms with E-state index in [1.165, 1.54) is 0 Å². The molecule has 5 nitrogen and oxygen atoms in total. The zero-order valence-corrected chi connectivity index (χ0v) is 17.1. The third-order valence-corrected chi connectivity index (χ3v) is 5.31. The van der Waals surface area contributed by atoms with Gasteiger partial charge in [-0.1, -0.05) is 48.0 Å². The van der Waals surface area contributed by atoms with Gasteiger partial charge in [0.1, 0.15) is 5.75 Å². The Morgan fingerprint density at radius 1 is 1.11 bits per heavy atom. The number of nitrogens with two attached hydrogens (primary N) is 1. The van der Waals surface area contributed by atoms with Crippen LogP contribution in [-0.2, 0) is 4.79 Å². The lowest BCUT2D eigenvalue weighted by Crippen LogP contribution is -2.36. The molecule has 1 fully saturated rings. The molecule has 28 heavy (non-hydrogen) atoms. The molecule has 0 radical (unpaired) electrons. The van der Waals surface area contributed by atoms with Crippen LogP contribution in [-0.4, -0.2) is 18.5 Å². The van der Waals surface area contributed by atoms with Gasteiger partial charge in [-0.25, -0.2) is 0 Å². The summed E-state index contributed by atoms with van der Waals surface area (Å²) in [5, 5.41) is 10.5. The monoisotopic (exact) mass is 421 g/mol. The van der Waals surface area contributed by atoms with E-state index >= 15 is 0 Å². The van der Waals surface area contributed by atoms with Gasteiger partial charge >= 0.3 is 5.97 Å². The predicted octanol–water partition coefficient (Wildman–Crippen LogP) is 4.62. The van der Waals surface area contributed by atoms with Crippen molar-refractivity contribution >= 4 is 35.9 Å². The number of carbonyl (C=O) groups is 1. The summed E-state index contributed by atoms with van der Waals surface area (Å²) >= 11 is 6.34. The van der Waals surface area contributed by atoms with Crippen LogP contribution >= 0.6 is 24.0 Å². The van der Waals surface area contributed by atoms with Gasteiger partial charge in [0.2, 0.25) is 0 Å². The quantitative estimate of drug-likeness (QED) is 0.284. The molecule has 0 bridgehead atoms. The Hall–Kier alpha value is -2.24. The molecule has 0 aliphatic heterocycles. The Bertz CT molecular complexity index is 807. The maximum Gasteiger partial charge on any atom is 0.314 e. The van der Waals surface area contributed by atoms with Gasteiger partial charge < -0.3 is 15.8 Å². The number of carbonyl (C=O) groups excluding carboxylic acids is 1. The molecule has 1 aliphatic rings. The largest absolute Gasteiger partial charge is 0.425 e. The van der Waals surface area contributed by atoms with Crippen molar-refractivity contribution in [3.63, 3.8) is 0 Å². The first kappa shape index (κ1) is 22.1. The van der Waals surface area contributed by atoms with E-state index in [1.807, 2.05) is 42.5 Å². The second-order valence-electron chi connectivity index (χ2n) is 6.94. The summed E-state index contributed by atoms with van der Waals surface area (Å²) in [6.07, 6.45) is 3.40. The van der Waals surface area contributed by atoms with Gasteiger partial charge in [0.25, 0.3) is 0 Å². The highest BCUT2D eigenvalue weighted by atomic mass is 35.5. The minimum atomic E-state index is -0.220. The smallest absolute Gasteiger partial charge is 0.314 e. The molecule has 0 amide bonds. The maximum atomic E-state index is 12.5. The average Bonchev–Trinajstić information content (AvgIpc) is 2.69. The third kappa shape index (κ3) is 5.88.